The maximum atomic E-state index is 13.6. The second kappa shape index (κ2) is 7.96. The molecule has 142 valence electrons. The zero-order chi connectivity index (χ0) is 18.8. The molecule has 2 atom stereocenters. The van der Waals surface area contributed by atoms with Crippen molar-refractivity contribution < 1.29 is 8.78 Å². The molecular formula is C25H28F2. The molecule has 0 spiro atoms. The number of hydrogen-bond donors (Lipinski definition) is 0. The Hall–Kier alpha value is -1.96. The van der Waals surface area contributed by atoms with Crippen molar-refractivity contribution in [3.8, 4) is 0 Å². The molecule has 0 nitrogen and oxygen atoms in total. The zero-order valence-corrected chi connectivity index (χ0v) is 16.1. The Morgan fingerprint density at radius 3 is 2.56 bits per heavy atom. The molecule has 2 aliphatic carbocycles. The number of aryl methyl sites for hydroxylation is 1. The predicted octanol–water partition coefficient (Wildman–Crippen LogP) is 7.22. The molecule has 0 saturated carbocycles. The fourth-order valence-electron chi connectivity index (χ4n) is 4.83. The maximum Gasteiger partial charge on any atom is 0.159 e. The molecule has 0 heterocycles. The first-order chi connectivity index (χ1) is 13.1. The molecule has 2 unspecified atom stereocenters. The van der Waals surface area contributed by atoms with Gasteiger partial charge in [0.05, 0.1) is 0 Å². The molecule has 27 heavy (non-hydrogen) atoms. The Bertz CT molecular complexity index is 849. The van der Waals surface area contributed by atoms with E-state index in [2.05, 4.69) is 31.2 Å². The van der Waals surface area contributed by atoms with E-state index in [0.29, 0.717) is 0 Å². The molecule has 2 heteroatoms. The van der Waals surface area contributed by atoms with Gasteiger partial charge in [-0.05, 0) is 90.3 Å². The van der Waals surface area contributed by atoms with E-state index in [-0.39, 0.29) is 5.92 Å². The maximum absolute atomic E-state index is 13.6. The van der Waals surface area contributed by atoms with Gasteiger partial charge in [0.15, 0.2) is 11.6 Å². The molecule has 2 aliphatic rings. The zero-order valence-electron chi connectivity index (χ0n) is 16.1. The minimum absolute atomic E-state index is 0.280. The van der Waals surface area contributed by atoms with Crippen LogP contribution >= 0.6 is 0 Å². The van der Waals surface area contributed by atoms with Gasteiger partial charge in [0.25, 0.3) is 0 Å². The molecule has 2 aromatic rings. The van der Waals surface area contributed by atoms with Crippen molar-refractivity contribution in [3.63, 3.8) is 0 Å². The Balaban J connectivity index is 1.49. The average Bonchev–Trinajstić information content (AvgIpc) is 2.70. The SMILES string of the molecule is CCCC1CC=C(c2ccc3c(c2)CCC(c2ccc(F)c(F)c2)C3)CC1. The van der Waals surface area contributed by atoms with E-state index in [4.69, 9.17) is 0 Å². The van der Waals surface area contributed by atoms with Gasteiger partial charge in [0.2, 0.25) is 0 Å². The van der Waals surface area contributed by atoms with E-state index in [9.17, 15) is 8.78 Å². The molecule has 4 rings (SSSR count). The molecule has 0 aliphatic heterocycles. The molecule has 2 aromatic carbocycles. The van der Waals surface area contributed by atoms with Gasteiger partial charge in [-0.3, -0.25) is 0 Å². The number of rotatable bonds is 4. The Kier molecular flexibility index (Phi) is 5.43. The quantitative estimate of drug-likeness (QED) is 0.536. The first-order valence-electron chi connectivity index (χ1n) is 10.4. The van der Waals surface area contributed by atoms with Crippen molar-refractivity contribution >= 4 is 5.57 Å². The Labute approximate surface area is 161 Å². The number of fused-ring (bicyclic) bond motifs is 1. The number of allylic oxidation sites excluding steroid dienone is 2. The van der Waals surface area contributed by atoms with Crippen LogP contribution in [0.2, 0.25) is 0 Å². The largest absolute Gasteiger partial charge is 0.204 e. The predicted molar refractivity (Wildman–Crippen MR) is 108 cm³/mol. The van der Waals surface area contributed by atoms with Crippen LogP contribution in [0.15, 0.2) is 42.5 Å². The van der Waals surface area contributed by atoms with Gasteiger partial charge >= 0.3 is 0 Å². The van der Waals surface area contributed by atoms with Crippen molar-refractivity contribution in [2.45, 2.75) is 64.2 Å². The third kappa shape index (κ3) is 4.00. The van der Waals surface area contributed by atoms with Gasteiger partial charge in [-0.1, -0.05) is 50.1 Å². The Morgan fingerprint density at radius 1 is 0.926 bits per heavy atom. The minimum Gasteiger partial charge on any atom is -0.204 e. The summed E-state index contributed by atoms with van der Waals surface area (Å²) in [4.78, 5) is 0. The lowest BCUT2D eigenvalue weighted by atomic mass is 9.78. The fraction of sp³-hybridized carbons (Fsp3) is 0.440. The molecule has 0 N–H and O–H groups in total. The third-order valence-corrected chi connectivity index (χ3v) is 6.44. The molecular weight excluding hydrogens is 338 g/mol. The normalized spacial score (nSPS) is 22.3. The summed E-state index contributed by atoms with van der Waals surface area (Å²) in [6, 6.07) is 11.3. The van der Waals surface area contributed by atoms with Gasteiger partial charge < -0.3 is 0 Å². The van der Waals surface area contributed by atoms with E-state index in [1.807, 2.05) is 0 Å². The fourth-order valence-corrected chi connectivity index (χ4v) is 4.83. The van der Waals surface area contributed by atoms with Crippen LogP contribution in [0.1, 0.15) is 73.6 Å². The van der Waals surface area contributed by atoms with Crippen LogP contribution in [0.3, 0.4) is 0 Å². The molecule has 0 radical (unpaired) electrons. The second-order valence-corrected chi connectivity index (χ2v) is 8.26. The summed E-state index contributed by atoms with van der Waals surface area (Å²) in [6.07, 6.45) is 11.7. The molecule has 0 amide bonds. The van der Waals surface area contributed by atoms with E-state index in [0.717, 1.165) is 30.7 Å². The first-order valence-corrected chi connectivity index (χ1v) is 10.4. The van der Waals surface area contributed by atoms with Gasteiger partial charge in [-0.15, -0.1) is 0 Å². The van der Waals surface area contributed by atoms with Crippen LogP contribution in [0.4, 0.5) is 8.78 Å². The van der Waals surface area contributed by atoms with Gasteiger partial charge in [-0.25, -0.2) is 8.78 Å². The third-order valence-electron chi connectivity index (χ3n) is 6.44. The van der Waals surface area contributed by atoms with Crippen LogP contribution in [-0.2, 0) is 12.8 Å². The monoisotopic (exact) mass is 366 g/mol. The molecule has 0 aromatic heterocycles. The van der Waals surface area contributed by atoms with Crippen LogP contribution in [0.25, 0.3) is 5.57 Å². The summed E-state index contributed by atoms with van der Waals surface area (Å²) in [5, 5.41) is 0. The van der Waals surface area contributed by atoms with E-state index >= 15 is 0 Å². The summed E-state index contributed by atoms with van der Waals surface area (Å²) in [5.41, 5.74) is 6.60. The lowest BCUT2D eigenvalue weighted by molar-refractivity contribution is 0.445. The van der Waals surface area contributed by atoms with Crippen molar-refractivity contribution in [2.24, 2.45) is 5.92 Å². The smallest absolute Gasteiger partial charge is 0.159 e. The Morgan fingerprint density at radius 2 is 1.81 bits per heavy atom. The lowest BCUT2D eigenvalue weighted by Crippen LogP contribution is -2.13. The lowest BCUT2D eigenvalue weighted by Gasteiger charge is -2.27. The minimum atomic E-state index is -0.762. The van der Waals surface area contributed by atoms with Crippen LogP contribution < -0.4 is 0 Å². The first kappa shape index (κ1) is 18.4. The summed E-state index contributed by atoms with van der Waals surface area (Å²) in [5.74, 6) is -0.351. The highest BCUT2D eigenvalue weighted by Gasteiger charge is 2.22. The standard InChI is InChI=1S/C25H28F2/c1-2-3-17-4-6-18(7-5-17)19-8-9-21-15-22(11-10-20(21)14-19)23-12-13-24(26)25(27)16-23/h6,8-9,12-14,16-17,22H,2-5,7,10-11,15H2,1H3. The highest BCUT2D eigenvalue weighted by molar-refractivity contribution is 5.67. The van der Waals surface area contributed by atoms with Crippen molar-refractivity contribution in [1.82, 2.24) is 0 Å². The summed E-state index contributed by atoms with van der Waals surface area (Å²) in [6.45, 7) is 2.27. The molecule has 0 saturated heterocycles. The van der Waals surface area contributed by atoms with Gasteiger partial charge in [-0.2, -0.15) is 0 Å². The van der Waals surface area contributed by atoms with Crippen LogP contribution in [0.5, 0.6) is 0 Å². The van der Waals surface area contributed by atoms with Crippen molar-refractivity contribution in [3.05, 3.63) is 76.4 Å². The van der Waals surface area contributed by atoms with E-state index in [1.165, 1.54) is 66.5 Å². The van der Waals surface area contributed by atoms with E-state index < -0.39 is 11.6 Å². The van der Waals surface area contributed by atoms with E-state index in [1.54, 1.807) is 6.07 Å². The second-order valence-electron chi connectivity index (χ2n) is 8.26. The van der Waals surface area contributed by atoms with Gasteiger partial charge in [0, 0.05) is 0 Å². The highest BCUT2D eigenvalue weighted by atomic mass is 19.2. The molecule has 0 bridgehead atoms. The molecule has 0 fully saturated rings. The number of halogens is 2. The topological polar surface area (TPSA) is 0 Å². The van der Waals surface area contributed by atoms with Crippen molar-refractivity contribution in [2.75, 3.05) is 0 Å². The summed E-state index contributed by atoms with van der Waals surface area (Å²) in [7, 11) is 0. The number of benzene rings is 2. The van der Waals surface area contributed by atoms with Crippen LogP contribution in [0, 0.1) is 17.6 Å². The van der Waals surface area contributed by atoms with Gasteiger partial charge in [0.1, 0.15) is 0 Å². The number of hydrogen-bond acceptors (Lipinski definition) is 0. The average molecular weight is 366 g/mol. The summed E-state index contributed by atoms with van der Waals surface area (Å²) >= 11 is 0. The van der Waals surface area contributed by atoms with Crippen LogP contribution in [-0.4, -0.2) is 0 Å². The summed E-state index contributed by atoms with van der Waals surface area (Å²) < 4.78 is 26.8. The van der Waals surface area contributed by atoms with Crippen molar-refractivity contribution in [1.29, 1.82) is 0 Å². The highest BCUT2D eigenvalue weighted by Crippen LogP contribution is 2.37.